The number of likely N-dealkylation sites (tertiary alicyclic amines) is 1. The molecule has 1 saturated heterocycles. The quantitative estimate of drug-likeness (QED) is 0.0984. The first kappa shape index (κ1) is 44.1. The first-order valence-electron chi connectivity index (χ1n) is 22.4. The lowest BCUT2D eigenvalue weighted by Gasteiger charge is -2.69. The van der Waals surface area contributed by atoms with Crippen molar-refractivity contribution >= 4 is 29.6 Å². The molecule has 0 aromatic heterocycles. The lowest BCUT2D eigenvalue weighted by atomic mass is 9.36. The Balaban J connectivity index is 1.26. The fourth-order valence-electron chi connectivity index (χ4n) is 13.9. The molecule has 10 atom stereocenters. The number of rotatable bonds is 11. The number of carbonyl (C=O) groups is 4. The summed E-state index contributed by atoms with van der Waals surface area (Å²) in [4.78, 5) is 60.2. The molecule has 1 aliphatic heterocycles. The average molecular weight is 800 g/mol. The van der Waals surface area contributed by atoms with Crippen LogP contribution in [0.1, 0.15) is 158 Å². The first-order chi connectivity index (χ1) is 27.1. The molecule has 1 aromatic rings. The predicted octanol–water partition coefficient (Wildman–Crippen LogP) is 9.76. The molecule has 1 aromatic carbocycles. The Morgan fingerprint density at radius 2 is 1.66 bits per heavy atom. The summed E-state index contributed by atoms with van der Waals surface area (Å²) in [7, 11) is 0. The number of fused-ring (bicyclic) bond motifs is 2. The van der Waals surface area contributed by atoms with Crippen molar-refractivity contribution < 1.29 is 29.0 Å². The highest BCUT2D eigenvalue weighted by Crippen LogP contribution is 2.73. The summed E-state index contributed by atoms with van der Waals surface area (Å²) in [5.74, 6) is -0.236. The van der Waals surface area contributed by atoms with Crippen LogP contribution in [0.3, 0.4) is 0 Å². The third-order valence-electron chi connectivity index (χ3n) is 17.4. The second kappa shape index (κ2) is 15.8. The van der Waals surface area contributed by atoms with Crippen LogP contribution in [0.25, 0.3) is 0 Å². The minimum atomic E-state index is -1.18. The van der Waals surface area contributed by atoms with E-state index in [4.69, 9.17) is 10.5 Å². The monoisotopic (exact) mass is 800 g/mol. The zero-order valence-electron chi connectivity index (χ0n) is 37.1. The molecule has 10 unspecified atom stereocenters. The lowest BCUT2D eigenvalue weighted by Crippen LogP contribution is -2.63. The Bertz CT molecular complexity index is 1800. The zero-order chi connectivity index (χ0) is 42.6. The lowest BCUT2D eigenvalue weighted by molar-refractivity contribution is -0.219. The summed E-state index contributed by atoms with van der Waals surface area (Å²) in [5.41, 5.74) is 6.22. The Morgan fingerprint density at radius 3 is 2.29 bits per heavy atom. The van der Waals surface area contributed by atoms with E-state index in [0.29, 0.717) is 30.4 Å². The molecule has 5 fully saturated rings. The van der Waals surface area contributed by atoms with E-state index < -0.39 is 28.8 Å². The molecule has 4 saturated carbocycles. The number of aliphatic carboxylic acids is 1. The molecule has 58 heavy (non-hydrogen) atoms. The molecule has 0 bridgehead atoms. The fraction of sp³-hybridized carbons (Fsp3) is 0.735. The highest BCUT2D eigenvalue weighted by atomic mass is 16.5. The summed E-state index contributed by atoms with van der Waals surface area (Å²) >= 11 is 0. The zero-order valence-corrected chi connectivity index (χ0v) is 37.1. The number of hydrogen-bond acceptors (Lipinski definition) is 5. The molecule has 0 radical (unpaired) electrons. The summed E-state index contributed by atoms with van der Waals surface area (Å²) in [5, 5.41) is 9.66. The van der Waals surface area contributed by atoms with Crippen molar-refractivity contribution in [2.75, 3.05) is 6.54 Å². The van der Waals surface area contributed by atoms with Gasteiger partial charge >= 0.3 is 11.9 Å². The number of carbonyl (C=O) groups excluding carboxylic acids is 3. The second-order valence-corrected chi connectivity index (χ2v) is 21.4. The number of allylic oxidation sites excluding steroid dienone is 1. The van der Waals surface area contributed by atoms with Crippen LogP contribution in [0.2, 0.25) is 0 Å². The van der Waals surface area contributed by atoms with Crippen molar-refractivity contribution in [3.8, 4) is 0 Å². The van der Waals surface area contributed by atoms with Crippen LogP contribution in [0.15, 0.2) is 47.5 Å². The Morgan fingerprint density at radius 1 is 0.966 bits per heavy atom. The molecule has 9 nitrogen and oxygen atoms in total. The third kappa shape index (κ3) is 7.37. The standard InChI is InChI=1S/C49H73N3O6/c1-11-16-37-47(9)23-22-38(58-39(53)30-44(4,5)43(56)57)45(6,7)36(47)21-24-48(37,10)46(8)26-27-49(25-20-33(31(2)3)34(49)29-46)42(55)52-28-15-19-35(52)41(54)51-40(50)32-17-13-12-14-18-32/h12-14,17-18,33-38H,2,11,15-16,19-30H2,1,3-10H3,(H,56,57)(H2,50,51,54). The normalized spacial score (nSPS) is 37.4. The Labute approximate surface area is 348 Å². The van der Waals surface area contributed by atoms with Gasteiger partial charge in [-0.1, -0.05) is 90.4 Å². The van der Waals surface area contributed by atoms with Crippen LogP contribution in [-0.4, -0.2) is 58.3 Å². The molecule has 2 amide bonds. The van der Waals surface area contributed by atoms with E-state index in [2.05, 4.69) is 60.0 Å². The number of carboxylic acids is 1. The van der Waals surface area contributed by atoms with E-state index in [1.807, 2.05) is 35.2 Å². The third-order valence-corrected chi connectivity index (χ3v) is 17.4. The van der Waals surface area contributed by atoms with Crippen molar-refractivity contribution in [1.29, 1.82) is 0 Å². The van der Waals surface area contributed by atoms with E-state index in [1.54, 1.807) is 13.8 Å². The van der Waals surface area contributed by atoms with Gasteiger partial charge in [0.15, 0.2) is 0 Å². The molecule has 3 N–H and O–H groups in total. The number of amides is 2. The van der Waals surface area contributed by atoms with Crippen molar-refractivity contribution in [2.45, 2.75) is 164 Å². The number of benzene rings is 1. The van der Waals surface area contributed by atoms with Crippen molar-refractivity contribution in [2.24, 2.45) is 66.9 Å². The van der Waals surface area contributed by atoms with Gasteiger partial charge in [0.25, 0.3) is 5.91 Å². The SMILES string of the molecule is C=C(C)C1CCC2(C(=O)N3CCCC3C(=O)N=C(N)c3ccccc3)CCC(C)(C3(C)CCC4C(C)(C)C(OC(=O)CC(C)(C)C(=O)O)CCC4(C)C3CCC)CC12. The number of ether oxygens (including phenoxy) is 1. The number of esters is 1. The maximum atomic E-state index is 15.2. The van der Waals surface area contributed by atoms with Gasteiger partial charge < -0.3 is 20.5 Å². The molecular weight excluding hydrogens is 727 g/mol. The highest BCUT2D eigenvalue weighted by molar-refractivity contribution is 6.06. The van der Waals surface area contributed by atoms with Gasteiger partial charge in [-0.05, 0) is 138 Å². The topological polar surface area (TPSA) is 139 Å². The molecule has 5 aliphatic rings. The highest BCUT2D eigenvalue weighted by Gasteiger charge is 2.68. The summed E-state index contributed by atoms with van der Waals surface area (Å²) in [6, 6.07) is 8.74. The minimum absolute atomic E-state index is 0.0160. The molecule has 1 heterocycles. The van der Waals surface area contributed by atoms with Gasteiger partial charge in [-0.3, -0.25) is 19.2 Å². The second-order valence-electron chi connectivity index (χ2n) is 21.4. The number of hydrogen-bond donors (Lipinski definition) is 2. The van der Waals surface area contributed by atoms with Crippen LogP contribution < -0.4 is 5.73 Å². The molecular formula is C49H73N3O6. The van der Waals surface area contributed by atoms with Crippen LogP contribution in [0.5, 0.6) is 0 Å². The van der Waals surface area contributed by atoms with Gasteiger partial charge in [-0.25, -0.2) is 0 Å². The van der Waals surface area contributed by atoms with Gasteiger partial charge in [0, 0.05) is 17.5 Å². The van der Waals surface area contributed by atoms with Crippen LogP contribution in [-0.2, 0) is 23.9 Å². The van der Waals surface area contributed by atoms with E-state index in [0.717, 1.165) is 82.6 Å². The molecule has 6 rings (SSSR count). The van der Waals surface area contributed by atoms with Crippen LogP contribution in [0.4, 0.5) is 0 Å². The van der Waals surface area contributed by atoms with Gasteiger partial charge in [-0.2, -0.15) is 4.99 Å². The smallest absolute Gasteiger partial charge is 0.309 e. The number of nitrogens with two attached hydrogens (primary N) is 1. The van der Waals surface area contributed by atoms with E-state index >= 15 is 4.79 Å². The molecule has 4 aliphatic carbocycles. The van der Waals surface area contributed by atoms with Crippen molar-refractivity contribution in [3.63, 3.8) is 0 Å². The maximum absolute atomic E-state index is 15.2. The van der Waals surface area contributed by atoms with Gasteiger partial charge in [-0.15, -0.1) is 0 Å². The summed E-state index contributed by atoms with van der Waals surface area (Å²) < 4.78 is 6.21. The van der Waals surface area contributed by atoms with Crippen LogP contribution >= 0.6 is 0 Å². The number of amidine groups is 1. The molecule has 320 valence electrons. The van der Waals surface area contributed by atoms with Crippen molar-refractivity contribution in [3.05, 3.63) is 48.0 Å². The largest absolute Gasteiger partial charge is 0.481 e. The van der Waals surface area contributed by atoms with Gasteiger partial charge in [0.2, 0.25) is 5.91 Å². The minimum Gasteiger partial charge on any atom is -0.481 e. The fourth-order valence-corrected chi connectivity index (χ4v) is 13.9. The van der Waals surface area contributed by atoms with E-state index in [9.17, 15) is 19.5 Å². The average Bonchev–Trinajstić information content (AvgIpc) is 3.80. The predicted molar refractivity (Wildman–Crippen MR) is 229 cm³/mol. The van der Waals surface area contributed by atoms with Crippen molar-refractivity contribution in [1.82, 2.24) is 4.90 Å². The van der Waals surface area contributed by atoms with Crippen LogP contribution in [0, 0.1) is 56.2 Å². The molecule has 9 heteroatoms. The Hall–Kier alpha value is -3.49. The number of carboxylic acid groups (broad SMARTS) is 1. The van der Waals surface area contributed by atoms with E-state index in [1.165, 1.54) is 0 Å². The molecule has 0 spiro atoms. The number of aliphatic imine (C=N–C) groups is 1. The summed E-state index contributed by atoms with van der Waals surface area (Å²) in [6.07, 6.45) is 11.5. The van der Waals surface area contributed by atoms with Gasteiger partial charge in [0.05, 0.1) is 17.3 Å². The number of nitrogens with zero attached hydrogens (tertiary/aromatic N) is 2. The Kier molecular flexibility index (Phi) is 12.0. The maximum Gasteiger partial charge on any atom is 0.309 e. The van der Waals surface area contributed by atoms with Gasteiger partial charge in [0.1, 0.15) is 18.0 Å². The van der Waals surface area contributed by atoms with E-state index in [-0.39, 0.29) is 63.7 Å². The first-order valence-corrected chi connectivity index (χ1v) is 22.4. The summed E-state index contributed by atoms with van der Waals surface area (Å²) in [6.45, 7) is 24.9.